The van der Waals surface area contributed by atoms with Crippen LogP contribution in [0.4, 0.5) is 10.5 Å². The van der Waals surface area contributed by atoms with Gasteiger partial charge in [-0.05, 0) is 30.5 Å². The fourth-order valence-electron chi connectivity index (χ4n) is 1.85. The number of amides is 1. The first-order chi connectivity index (χ1) is 11.6. The first kappa shape index (κ1) is 21.5. The van der Waals surface area contributed by atoms with Crippen molar-refractivity contribution < 1.29 is 28.5 Å². The number of hydrogen-bond acceptors (Lipinski definition) is 5. The maximum Gasteiger partial charge on any atom is 0.414 e. The van der Waals surface area contributed by atoms with Crippen LogP contribution in [0.15, 0.2) is 18.2 Å². The van der Waals surface area contributed by atoms with Crippen molar-refractivity contribution in [3.63, 3.8) is 0 Å². The van der Waals surface area contributed by atoms with Gasteiger partial charge >= 0.3 is 12.1 Å². The number of carbonyl (C=O) groups is 2. The van der Waals surface area contributed by atoms with Crippen LogP contribution >= 0.6 is 19.0 Å². The zero-order valence-electron chi connectivity index (χ0n) is 14.5. The number of halogens is 1. The van der Waals surface area contributed by atoms with Crippen molar-refractivity contribution >= 4 is 36.7 Å². The topological polar surface area (TPSA) is 102 Å². The van der Waals surface area contributed by atoms with Gasteiger partial charge in [0, 0.05) is 12.8 Å². The van der Waals surface area contributed by atoms with E-state index in [4.69, 9.17) is 21.1 Å². The van der Waals surface area contributed by atoms with Crippen LogP contribution in [0.5, 0.6) is 0 Å². The summed E-state index contributed by atoms with van der Waals surface area (Å²) in [6, 6.07) is 5.07. The third kappa shape index (κ3) is 8.91. The lowest BCUT2D eigenvalue weighted by atomic mass is 10.1. The molecule has 25 heavy (non-hydrogen) atoms. The van der Waals surface area contributed by atoms with Gasteiger partial charge in [0.2, 0.25) is 6.79 Å². The van der Waals surface area contributed by atoms with Gasteiger partial charge in [-0.1, -0.05) is 31.5 Å². The predicted octanol–water partition coefficient (Wildman–Crippen LogP) is 3.88. The highest BCUT2D eigenvalue weighted by molar-refractivity contribution is 7.57. The third-order valence-electron chi connectivity index (χ3n) is 3.17. The van der Waals surface area contributed by atoms with Crippen LogP contribution in [-0.4, -0.2) is 36.6 Å². The van der Waals surface area contributed by atoms with Crippen molar-refractivity contribution in [3.8, 4) is 0 Å². The van der Waals surface area contributed by atoms with Crippen LogP contribution in [0.2, 0.25) is 5.02 Å². The van der Waals surface area contributed by atoms with Crippen molar-refractivity contribution in [2.75, 3.05) is 24.9 Å². The van der Waals surface area contributed by atoms with Gasteiger partial charge in [0.25, 0.3) is 0 Å². The highest BCUT2D eigenvalue weighted by atomic mass is 35.5. The van der Waals surface area contributed by atoms with E-state index in [9.17, 15) is 19.0 Å². The molecule has 1 atom stereocenters. The smallest absolute Gasteiger partial charge is 0.414 e. The zero-order chi connectivity index (χ0) is 19.0. The van der Waals surface area contributed by atoms with Gasteiger partial charge in [-0.25, -0.2) is 4.79 Å². The maximum absolute atomic E-state index is 11.7. The minimum absolute atomic E-state index is 0.224. The fraction of sp³-hybridized carbons (Fsp3) is 0.500. The van der Waals surface area contributed by atoms with Crippen LogP contribution in [0.25, 0.3) is 0 Å². The highest BCUT2D eigenvalue weighted by Crippen LogP contribution is 2.36. The zero-order valence-corrected chi connectivity index (χ0v) is 16.1. The number of rotatable bonds is 8. The van der Waals surface area contributed by atoms with E-state index in [2.05, 4.69) is 5.32 Å². The molecule has 0 saturated heterocycles. The van der Waals surface area contributed by atoms with Crippen LogP contribution in [0.1, 0.15) is 25.8 Å². The van der Waals surface area contributed by atoms with Gasteiger partial charge in [-0.2, -0.15) is 0 Å². The molecule has 0 aliphatic rings. The first-order valence-corrected chi connectivity index (χ1v) is 10.4. The van der Waals surface area contributed by atoms with E-state index in [1.165, 1.54) is 6.66 Å². The first-order valence-electron chi connectivity index (χ1n) is 7.76. The van der Waals surface area contributed by atoms with E-state index in [-0.39, 0.29) is 12.1 Å². The summed E-state index contributed by atoms with van der Waals surface area (Å²) >= 11 is 6.03. The molecule has 0 saturated carbocycles. The minimum Gasteiger partial charge on any atom is -0.428 e. The van der Waals surface area contributed by atoms with Crippen molar-refractivity contribution in [2.45, 2.75) is 26.7 Å². The molecule has 0 spiro atoms. The molecule has 1 aromatic carbocycles. The van der Waals surface area contributed by atoms with Gasteiger partial charge < -0.3 is 14.4 Å². The Morgan fingerprint density at radius 1 is 1.32 bits per heavy atom. The molecule has 0 heterocycles. The summed E-state index contributed by atoms with van der Waals surface area (Å²) in [5.41, 5.74) is 1.21. The molecule has 9 heteroatoms. The van der Waals surface area contributed by atoms with Crippen molar-refractivity contribution in [3.05, 3.63) is 28.8 Å². The molecular formula is C16H23ClNO6P. The number of nitrogens with one attached hydrogen (secondary N) is 1. The molecule has 0 fully saturated rings. The predicted molar refractivity (Wildman–Crippen MR) is 96.3 cm³/mol. The van der Waals surface area contributed by atoms with Gasteiger partial charge in [0.05, 0.1) is 16.6 Å². The Hall–Kier alpha value is -1.56. The van der Waals surface area contributed by atoms with E-state index in [0.717, 1.165) is 5.56 Å². The fourth-order valence-corrected chi connectivity index (χ4v) is 2.76. The molecule has 0 aromatic heterocycles. The Morgan fingerprint density at radius 2 is 2.00 bits per heavy atom. The average molecular weight is 392 g/mol. The molecule has 0 bridgehead atoms. The molecule has 1 amide bonds. The summed E-state index contributed by atoms with van der Waals surface area (Å²) in [4.78, 5) is 32.3. The van der Waals surface area contributed by atoms with Gasteiger partial charge in [-0.3, -0.25) is 14.7 Å². The molecule has 0 aliphatic heterocycles. The molecular weight excluding hydrogens is 369 g/mol. The van der Waals surface area contributed by atoms with E-state index >= 15 is 0 Å². The second-order valence-corrected chi connectivity index (χ2v) is 8.94. The molecule has 7 nitrogen and oxygen atoms in total. The van der Waals surface area contributed by atoms with Gasteiger partial charge in [0.15, 0.2) is 7.37 Å². The summed E-state index contributed by atoms with van der Waals surface area (Å²) in [5.74, 6) is -0.778. The minimum atomic E-state index is -3.03. The molecule has 1 aromatic rings. The van der Waals surface area contributed by atoms with Gasteiger partial charge in [-0.15, -0.1) is 0 Å². The molecule has 1 rings (SSSR count). The number of aryl methyl sites for hydroxylation is 1. The van der Waals surface area contributed by atoms with Crippen molar-refractivity contribution in [1.82, 2.24) is 0 Å². The number of anilines is 1. The average Bonchev–Trinajstić information content (AvgIpc) is 2.49. The molecule has 0 aliphatic carbocycles. The number of ether oxygens (including phenoxy) is 2. The Bertz CT molecular complexity index is 658. The molecule has 140 valence electrons. The number of benzene rings is 1. The van der Waals surface area contributed by atoms with E-state index in [1.807, 2.05) is 0 Å². The van der Waals surface area contributed by atoms with Crippen LogP contribution in [0.3, 0.4) is 0 Å². The Kier molecular flexibility index (Phi) is 8.42. The van der Waals surface area contributed by atoms with E-state index in [1.54, 1.807) is 32.0 Å². The second-order valence-electron chi connectivity index (χ2n) is 5.99. The quantitative estimate of drug-likeness (QED) is 0.396. The van der Waals surface area contributed by atoms with Crippen LogP contribution < -0.4 is 5.32 Å². The number of carbonyl (C=O) groups excluding carboxylic acids is 2. The summed E-state index contributed by atoms with van der Waals surface area (Å²) in [7, 11) is -3.03. The lowest BCUT2D eigenvalue weighted by Gasteiger charge is -2.11. The van der Waals surface area contributed by atoms with E-state index < -0.39 is 26.2 Å². The number of esters is 1. The summed E-state index contributed by atoms with van der Waals surface area (Å²) in [6.45, 7) is 4.18. The van der Waals surface area contributed by atoms with Crippen molar-refractivity contribution in [1.29, 1.82) is 0 Å². The van der Waals surface area contributed by atoms with Crippen LogP contribution in [0, 0.1) is 5.92 Å². The summed E-state index contributed by atoms with van der Waals surface area (Å²) in [6.07, 6.45) is 0.539. The Morgan fingerprint density at radius 3 is 2.60 bits per heavy atom. The lowest BCUT2D eigenvalue weighted by molar-refractivity contribution is -0.155. The molecule has 0 radical (unpaired) electrons. The lowest BCUT2D eigenvalue weighted by Crippen LogP contribution is -2.19. The molecule has 1 unspecified atom stereocenters. The third-order valence-corrected chi connectivity index (χ3v) is 4.64. The number of hydrogen-bond donors (Lipinski definition) is 2. The summed E-state index contributed by atoms with van der Waals surface area (Å²) in [5, 5.41) is 2.79. The second kappa shape index (κ2) is 9.80. The van der Waals surface area contributed by atoms with Gasteiger partial charge in [0.1, 0.15) is 0 Å². The standard InChI is InChI=1S/C16H23ClNO6P/c1-11(2)15(19)23-10-24-16(20)18-14-9-12(6-7-13(14)17)5-4-8-25(3,21)22/h6-7,9,11H,4-5,8,10H2,1-3H3,(H,18,20)(H,21,22). The van der Waals surface area contributed by atoms with E-state index in [0.29, 0.717) is 23.6 Å². The SMILES string of the molecule is CC(C)C(=O)OCOC(=O)Nc1cc(CCCP(C)(=O)O)ccc1Cl. The van der Waals surface area contributed by atoms with Crippen LogP contribution in [-0.2, 0) is 25.3 Å². The Balaban J connectivity index is 2.54. The monoisotopic (exact) mass is 391 g/mol. The largest absolute Gasteiger partial charge is 0.428 e. The highest BCUT2D eigenvalue weighted by Gasteiger charge is 2.12. The maximum atomic E-state index is 11.7. The normalized spacial score (nSPS) is 13.2. The summed E-state index contributed by atoms with van der Waals surface area (Å²) < 4.78 is 20.8. The van der Waals surface area contributed by atoms with Crippen molar-refractivity contribution in [2.24, 2.45) is 5.92 Å². The Labute approximate surface area is 152 Å². The molecule has 2 N–H and O–H groups in total.